The van der Waals surface area contributed by atoms with Crippen molar-refractivity contribution in [2.45, 2.75) is 111 Å². The van der Waals surface area contributed by atoms with Gasteiger partial charge in [0.05, 0.1) is 36.9 Å². The first-order chi connectivity index (χ1) is 18.9. The van der Waals surface area contributed by atoms with E-state index in [-0.39, 0.29) is 19.4 Å². The van der Waals surface area contributed by atoms with Crippen LogP contribution in [0.2, 0.25) is 0 Å². The Bertz CT molecular complexity index is 802. The van der Waals surface area contributed by atoms with E-state index in [1.807, 2.05) is 6.92 Å². The standard InChI is InChI=1S/C23H46N6O11/c1-2-28-6-13-11(31)4-9(26)22(37-13)39-19-8(25)3-10(29-21(36)12(32)5-24)20(18(19)35)40-23-17(34)15(27)16(33)14(7-30)38-23/h8-20,22-23,28,30-35H,2-7,24-27H2,1H3,(H,29,36)/t8-,9+,10+,11-,12-,13+,14+,15-,16+,17+,18-,19+,20-,22+,23+/m0/s1. The molecule has 16 N–H and O–H groups in total. The van der Waals surface area contributed by atoms with Crippen LogP contribution in [-0.4, -0.2) is 154 Å². The minimum Gasteiger partial charge on any atom is -0.394 e. The summed E-state index contributed by atoms with van der Waals surface area (Å²) in [5, 5.41) is 67.6. The molecule has 1 saturated carbocycles. The van der Waals surface area contributed by atoms with Crippen molar-refractivity contribution in [3.05, 3.63) is 0 Å². The zero-order chi connectivity index (χ0) is 29.7. The molecule has 3 fully saturated rings. The molecule has 234 valence electrons. The maximum absolute atomic E-state index is 12.5. The largest absolute Gasteiger partial charge is 0.394 e. The summed E-state index contributed by atoms with van der Waals surface area (Å²) in [5.41, 5.74) is 23.8. The van der Waals surface area contributed by atoms with Gasteiger partial charge in [0, 0.05) is 19.1 Å². The molecule has 1 amide bonds. The number of rotatable bonds is 11. The predicted octanol–water partition coefficient (Wildman–Crippen LogP) is -7.17. The Morgan fingerprint density at radius 1 is 0.950 bits per heavy atom. The van der Waals surface area contributed by atoms with E-state index in [9.17, 15) is 35.4 Å². The molecule has 3 rings (SSSR count). The molecule has 0 unspecified atom stereocenters. The van der Waals surface area contributed by atoms with Gasteiger partial charge in [0.15, 0.2) is 12.6 Å². The summed E-state index contributed by atoms with van der Waals surface area (Å²) in [6.45, 7) is 1.88. The summed E-state index contributed by atoms with van der Waals surface area (Å²) in [7, 11) is 0. The minimum absolute atomic E-state index is 0.0260. The molecule has 3 aliphatic rings. The molecule has 0 aromatic carbocycles. The highest BCUT2D eigenvalue weighted by Crippen LogP contribution is 2.31. The van der Waals surface area contributed by atoms with Crippen LogP contribution in [0.1, 0.15) is 19.8 Å². The van der Waals surface area contributed by atoms with Crippen molar-refractivity contribution in [3.8, 4) is 0 Å². The molecule has 1 aliphatic carbocycles. The number of likely N-dealkylation sites (N-methyl/N-ethyl adjacent to an activating group) is 1. The van der Waals surface area contributed by atoms with E-state index in [1.165, 1.54) is 0 Å². The van der Waals surface area contributed by atoms with Gasteiger partial charge in [-0.3, -0.25) is 4.79 Å². The van der Waals surface area contributed by atoms with Crippen LogP contribution in [0.15, 0.2) is 0 Å². The van der Waals surface area contributed by atoms with Crippen molar-refractivity contribution in [3.63, 3.8) is 0 Å². The number of carbonyl (C=O) groups is 1. The number of nitrogens with two attached hydrogens (primary N) is 4. The third kappa shape index (κ3) is 7.63. The first-order valence-corrected chi connectivity index (χ1v) is 13.5. The third-order valence-corrected chi connectivity index (χ3v) is 7.59. The fraction of sp³-hybridized carbons (Fsp3) is 0.957. The molecule has 0 radical (unpaired) electrons. The van der Waals surface area contributed by atoms with Crippen molar-refractivity contribution in [2.24, 2.45) is 22.9 Å². The lowest BCUT2D eigenvalue weighted by Crippen LogP contribution is -2.69. The van der Waals surface area contributed by atoms with E-state index in [0.717, 1.165) is 0 Å². The summed E-state index contributed by atoms with van der Waals surface area (Å²) in [4.78, 5) is 12.5. The molecule has 2 aliphatic heterocycles. The van der Waals surface area contributed by atoms with E-state index in [0.29, 0.717) is 13.1 Å². The van der Waals surface area contributed by atoms with Gasteiger partial charge in [0.1, 0.15) is 42.7 Å². The Morgan fingerprint density at radius 3 is 2.23 bits per heavy atom. The molecule has 17 nitrogen and oxygen atoms in total. The van der Waals surface area contributed by atoms with Crippen molar-refractivity contribution in [2.75, 3.05) is 26.2 Å². The van der Waals surface area contributed by atoms with Crippen LogP contribution in [0.25, 0.3) is 0 Å². The molecular weight excluding hydrogens is 536 g/mol. The molecule has 17 heteroatoms. The van der Waals surface area contributed by atoms with Gasteiger partial charge in [-0.05, 0) is 19.4 Å². The van der Waals surface area contributed by atoms with E-state index in [2.05, 4.69) is 10.6 Å². The molecule has 0 aromatic rings. The number of aliphatic hydroxyl groups is 6. The second kappa shape index (κ2) is 14.9. The van der Waals surface area contributed by atoms with Crippen molar-refractivity contribution >= 4 is 5.91 Å². The second-order valence-corrected chi connectivity index (χ2v) is 10.6. The zero-order valence-corrected chi connectivity index (χ0v) is 22.4. The highest BCUT2D eigenvalue weighted by Gasteiger charge is 2.51. The quantitative estimate of drug-likeness (QED) is 0.108. The van der Waals surface area contributed by atoms with Gasteiger partial charge in [-0.1, -0.05) is 6.92 Å². The van der Waals surface area contributed by atoms with Crippen LogP contribution >= 0.6 is 0 Å². The molecular formula is C23H46N6O11. The molecule has 0 bridgehead atoms. The van der Waals surface area contributed by atoms with Crippen LogP contribution in [0.3, 0.4) is 0 Å². The lowest BCUT2D eigenvalue weighted by atomic mass is 9.83. The lowest BCUT2D eigenvalue weighted by molar-refractivity contribution is -0.316. The Kier molecular flexibility index (Phi) is 12.4. The number of hydrogen-bond acceptors (Lipinski definition) is 16. The van der Waals surface area contributed by atoms with Crippen molar-refractivity contribution in [1.82, 2.24) is 10.6 Å². The van der Waals surface area contributed by atoms with Crippen LogP contribution in [0.5, 0.6) is 0 Å². The second-order valence-electron chi connectivity index (χ2n) is 10.6. The van der Waals surface area contributed by atoms with Crippen LogP contribution in [0, 0.1) is 0 Å². The van der Waals surface area contributed by atoms with E-state index in [1.54, 1.807) is 0 Å². The Hall–Kier alpha value is -1.13. The van der Waals surface area contributed by atoms with Gasteiger partial charge in [0.25, 0.3) is 0 Å². The van der Waals surface area contributed by atoms with Crippen LogP contribution < -0.4 is 33.6 Å². The summed E-state index contributed by atoms with van der Waals surface area (Å²) in [6.07, 6.45) is -13.7. The van der Waals surface area contributed by atoms with Gasteiger partial charge in [-0.25, -0.2) is 0 Å². The van der Waals surface area contributed by atoms with Crippen LogP contribution in [0.4, 0.5) is 0 Å². The lowest BCUT2D eigenvalue weighted by Gasteiger charge is -2.48. The summed E-state index contributed by atoms with van der Waals surface area (Å²) >= 11 is 0. The van der Waals surface area contributed by atoms with Crippen molar-refractivity contribution < 1.29 is 54.4 Å². The Morgan fingerprint density at radius 2 is 1.60 bits per heavy atom. The maximum Gasteiger partial charge on any atom is 0.250 e. The fourth-order valence-electron chi connectivity index (χ4n) is 5.17. The number of aliphatic hydroxyl groups excluding tert-OH is 6. The summed E-state index contributed by atoms with van der Waals surface area (Å²) in [6, 6.07) is -3.92. The van der Waals surface area contributed by atoms with Gasteiger partial charge >= 0.3 is 0 Å². The Balaban J connectivity index is 1.82. The molecule has 2 saturated heterocycles. The average molecular weight is 583 g/mol. The smallest absolute Gasteiger partial charge is 0.250 e. The van der Waals surface area contributed by atoms with Crippen molar-refractivity contribution in [1.29, 1.82) is 0 Å². The monoisotopic (exact) mass is 582 g/mol. The summed E-state index contributed by atoms with van der Waals surface area (Å²) < 4.78 is 23.3. The molecule has 40 heavy (non-hydrogen) atoms. The number of amides is 1. The van der Waals surface area contributed by atoms with E-state index >= 15 is 0 Å². The molecule has 0 spiro atoms. The fourth-order valence-corrected chi connectivity index (χ4v) is 5.17. The molecule has 15 atom stereocenters. The first-order valence-electron chi connectivity index (χ1n) is 13.5. The van der Waals surface area contributed by atoms with Gasteiger partial charge < -0.3 is 83.2 Å². The van der Waals surface area contributed by atoms with Gasteiger partial charge in [-0.2, -0.15) is 0 Å². The molecule has 0 aromatic heterocycles. The van der Waals surface area contributed by atoms with E-state index in [4.69, 9.17) is 41.9 Å². The summed E-state index contributed by atoms with van der Waals surface area (Å²) in [5.74, 6) is -0.844. The SMILES string of the molecule is CCNC[C@H]1O[C@H](O[C@H]2[C@H](O)[C@@H](O[C@H]3O[C@H](CO)[C@@H](O)[C@H](N)[C@H]3O)[C@H](NC(=O)[C@@H](O)CN)C[C@@H]2N)[C@H](N)C[C@@H]1O. The number of hydrogen-bond donors (Lipinski definition) is 12. The number of nitrogens with one attached hydrogen (secondary N) is 2. The van der Waals surface area contributed by atoms with Gasteiger partial charge in [-0.15, -0.1) is 0 Å². The number of ether oxygens (including phenoxy) is 4. The minimum atomic E-state index is -1.57. The molecule has 2 heterocycles. The highest BCUT2D eigenvalue weighted by atomic mass is 16.7. The Labute approximate surface area is 232 Å². The number of carbonyl (C=O) groups excluding carboxylic acids is 1. The van der Waals surface area contributed by atoms with E-state index < -0.39 is 104 Å². The highest BCUT2D eigenvalue weighted by molar-refractivity contribution is 5.81. The van der Waals surface area contributed by atoms with Gasteiger partial charge in [0.2, 0.25) is 5.91 Å². The normalized spacial score (nSPS) is 45.2. The van der Waals surface area contributed by atoms with Crippen LogP contribution in [-0.2, 0) is 23.7 Å². The average Bonchev–Trinajstić information content (AvgIpc) is 2.92. The zero-order valence-electron chi connectivity index (χ0n) is 22.4. The first kappa shape index (κ1) is 33.4. The predicted molar refractivity (Wildman–Crippen MR) is 137 cm³/mol. The maximum atomic E-state index is 12.5. The topological polar surface area (TPSA) is 304 Å². The third-order valence-electron chi connectivity index (χ3n) is 7.59.